The van der Waals surface area contributed by atoms with Gasteiger partial charge in [-0.1, -0.05) is 99.5 Å². The molecule has 0 radical (unpaired) electrons. The molecule has 0 unspecified atom stereocenters. The van der Waals surface area contributed by atoms with Gasteiger partial charge in [0, 0.05) is 12.4 Å². The summed E-state index contributed by atoms with van der Waals surface area (Å²) in [4.78, 5) is 0. The van der Waals surface area contributed by atoms with Crippen molar-refractivity contribution in [3.63, 3.8) is 0 Å². The van der Waals surface area contributed by atoms with Crippen molar-refractivity contribution in [2.75, 3.05) is 0 Å². The fourth-order valence-electron chi connectivity index (χ4n) is 2.29. The van der Waals surface area contributed by atoms with Crippen molar-refractivity contribution in [1.82, 2.24) is 20.4 Å². The second-order valence-electron chi connectivity index (χ2n) is 8.53. The molecule has 0 saturated heterocycles. The van der Waals surface area contributed by atoms with Crippen LogP contribution in [0.2, 0.25) is 0 Å². The second-order valence-corrected chi connectivity index (χ2v) is 10.4. The number of hydrogen-bond donors (Lipinski definition) is 0. The van der Waals surface area contributed by atoms with E-state index in [2.05, 4.69) is 110 Å². The fourth-order valence-corrected chi connectivity index (χ4v) is 2.29. The predicted molar refractivity (Wildman–Crippen MR) is 139 cm³/mol. The molecule has 0 aliphatic rings. The van der Waals surface area contributed by atoms with Gasteiger partial charge in [0.2, 0.25) is 0 Å². The van der Waals surface area contributed by atoms with Gasteiger partial charge in [-0.15, -0.1) is 0 Å². The van der Waals surface area contributed by atoms with Crippen LogP contribution in [0.15, 0.2) is 85.5 Å². The zero-order valence-corrected chi connectivity index (χ0v) is 28.0. The molecule has 228 valence electrons. The van der Waals surface area contributed by atoms with E-state index in [1.165, 1.54) is 22.3 Å². The Hall–Kier alpha value is -1.59. The molecule has 0 atom stereocenters. The third-order valence-corrected chi connectivity index (χ3v) is 4.23. The minimum Gasteiger partial charge on any atom is -1.00 e. The molecular formula is C26H34ClF6N4PRu2. The quantitative estimate of drug-likeness (QED) is 0.129. The van der Waals surface area contributed by atoms with E-state index in [0.717, 1.165) is 0 Å². The predicted octanol–water partition coefficient (Wildman–Crippen LogP) is 6.70. The molecule has 0 spiro atoms. The minimum absolute atomic E-state index is 0. The topological polar surface area (TPSA) is 54.0 Å². The Morgan fingerprint density at radius 2 is 0.825 bits per heavy atom. The number of benzene rings is 2. The van der Waals surface area contributed by atoms with Gasteiger partial charge in [-0.2, -0.15) is 12.4 Å². The third-order valence-electron chi connectivity index (χ3n) is 4.23. The van der Waals surface area contributed by atoms with Gasteiger partial charge in [0.1, 0.15) is 0 Å². The van der Waals surface area contributed by atoms with Crippen molar-refractivity contribution >= 4 is 7.81 Å². The summed E-state index contributed by atoms with van der Waals surface area (Å²) in [5.74, 6) is 1.31. The van der Waals surface area contributed by atoms with Gasteiger partial charge < -0.3 is 32.8 Å². The first kappa shape index (κ1) is 45.4. The van der Waals surface area contributed by atoms with Gasteiger partial charge in [-0.3, -0.25) is 0 Å². The number of hydrogen-bond acceptors (Lipinski definition) is 2. The molecule has 0 N–H and O–H groups in total. The van der Waals surface area contributed by atoms with E-state index >= 15 is 0 Å². The Morgan fingerprint density at radius 3 is 0.950 bits per heavy atom. The first-order valence-electron chi connectivity index (χ1n) is 11.3. The number of nitrogens with zero attached hydrogens (tertiary/aromatic N) is 4. The van der Waals surface area contributed by atoms with E-state index < -0.39 is 7.81 Å². The molecule has 2 heterocycles. The maximum atomic E-state index is 9.87. The number of aromatic nitrogens is 4. The zero-order valence-electron chi connectivity index (χ0n) is 22.8. The van der Waals surface area contributed by atoms with Crippen LogP contribution in [0, 0.1) is 13.8 Å². The van der Waals surface area contributed by atoms with Crippen LogP contribution in [0.3, 0.4) is 0 Å². The van der Waals surface area contributed by atoms with Crippen LogP contribution >= 0.6 is 7.81 Å². The van der Waals surface area contributed by atoms with Gasteiger partial charge in [0.05, 0.1) is 0 Å². The van der Waals surface area contributed by atoms with Gasteiger partial charge in [-0.05, 0) is 36.8 Å². The molecule has 40 heavy (non-hydrogen) atoms. The largest absolute Gasteiger partial charge is 2.00 e. The van der Waals surface area contributed by atoms with E-state index in [-0.39, 0.29) is 51.4 Å². The molecule has 4 rings (SSSR count). The molecule has 0 amide bonds. The molecule has 0 bridgehead atoms. The van der Waals surface area contributed by atoms with Crippen LogP contribution in [0.5, 0.6) is 0 Å². The fraction of sp³-hybridized carbons (Fsp3) is 0.308. The Bertz CT molecular complexity index is 959. The van der Waals surface area contributed by atoms with Gasteiger partial charge in [0.15, 0.2) is 0 Å². The zero-order chi connectivity index (χ0) is 28.6. The van der Waals surface area contributed by atoms with Crippen molar-refractivity contribution in [2.24, 2.45) is 0 Å². The number of halogens is 7. The molecule has 2 aromatic carbocycles. The summed E-state index contributed by atoms with van der Waals surface area (Å²) >= 11 is 0. The van der Waals surface area contributed by atoms with Crippen LogP contribution in [-0.4, -0.2) is 10.2 Å². The number of aryl methyl sites for hydroxylation is 2. The first-order valence-corrected chi connectivity index (χ1v) is 13.3. The first-order chi connectivity index (χ1) is 16.8. The van der Waals surface area contributed by atoms with Gasteiger partial charge in [-0.25, -0.2) is 0 Å². The summed E-state index contributed by atoms with van der Waals surface area (Å²) < 4.78 is 59.2. The van der Waals surface area contributed by atoms with Crippen molar-refractivity contribution in [2.45, 2.75) is 53.4 Å². The molecule has 0 aliphatic carbocycles. The molecule has 0 aliphatic heterocycles. The van der Waals surface area contributed by atoms with Crippen LogP contribution in [-0.2, 0) is 39.0 Å². The molecule has 14 heteroatoms. The van der Waals surface area contributed by atoms with Crippen LogP contribution in [0.4, 0.5) is 25.2 Å². The Labute approximate surface area is 264 Å². The standard InChI is InChI=1S/2C10H14.2C3H3N2.ClH.F6P.2Ru/c2*1-8(2)10-6-4-9(3)5-7-10;2*1-2-4-5-3-1;;1-7(2,3,4,5)6;;/h2*4-8H,1-3H3;2*1-3H;1H;;;/q;;2*-1;;-1;2*+2/p-1. The Balaban J connectivity index is -0.000000204. The summed E-state index contributed by atoms with van der Waals surface area (Å²) in [7, 11) is -10.7. The summed E-state index contributed by atoms with van der Waals surface area (Å²) in [5.41, 5.74) is 5.52. The summed E-state index contributed by atoms with van der Waals surface area (Å²) in [6.45, 7) is 13.1. The Morgan fingerprint density at radius 1 is 0.575 bits per heavy atom. The summed E-state index contributed by atoms with van der Waals surface area (Å²) in [5, 5.41) is 13.9. The SMILES string of the molecule is Cc1ccc(C(C)C)cc1.Cc1ccc(C(C)C)cc1.F[P-](F)(F)(F)(F)F.[Cl-].[Ru+2].[Ru+2].c1cn[n-]c1.c1cn[n-]c1. The van der Waals surface area contributed by atoms with E-state index in [1.807, 2.05) is 0 Å². The van der Waals surface area contributed by atoms with Crippen molar-refractivity contribution in [3.8, 4) is 0 Å². The molecule has 0 saturated carbocycles. The molecule has 4 nitrogen and oxygen atoms in total. The van der Waals surface area contributed by atoms with Crippen LogP contribution < -0.4 is 22.6 Å². The van der Waals surface area contributed by atoms with Gasteiger partial charge in [0.25, 0.3) is 0 Å². The van der Waals surface area contributed by atoms with Crippen molar-refractivity contribution in [3.05, 3.63) is 108 Å². The molecular weight excluding hydrogens is 751 g/mol. The average molecular weight is 785 g/mol. The Kier molecular flexibility index (Phi) is 23.1. The average Bonchev–Trinajstić information content (AvgIpc) is 3.52. The van der Waals surface area contributed by atoms with E-state index in [4.69, 9.17) is 0 Å². The van der Waals surface area contributed by atoms with E-state index in [0.29, 0.717) is 11.8 Å². The van der Waals surface area contributed by atoms with E-state index in [9.17, 15) is 25.2 Å². The minimum atomic E-state index is -10.7. The second kappa shape index (κ2) is 20.3. The summed E-state index contributed by atoms with van der Waals surface area (Å²) in [6, 6.07) is 21.0. The maximum Gasteiger partial charge on any atom is 2.00 e. The number of rotatable bonds is 2. The molecule has 0 fully saturated rings. The monoisotopic (exact) mass is 786 g/mol. The maximum absolute atomic E-state index is 10.7. The van der Waals surface area contributed by atoms with Crippen molar-refractivity contribution < 1.29 is 76.5 Å². The van der Waals surface area contributed by atoms with E-state index in [1.54, 1.807) is 36.9 Å². The molecule has 4 aromatic rings. The third kappa shape index (κ3) is 34.4. The van der Waals surface area contributed by atoms with Crippen LogP contribution in [0.25, 0.3) is 0 Å². The smallest absolute Gasteiger partial charge is 1.00 e. The summed E-state index contributed by atoms with van der Waals surface area (Å²) in [6.07, 6.45) is 6.56. The van der Waals surface area contributed by atoms with Crippen LogP contribution in [0.1, 0.15) is 61.8 Å². The van der Waals surface area contributed by atoms with Gasteiger partial charge >= 0.3 is 71.9 Å². The molecule has 2 aromatic heterocycles. The van der Waals surface area contributed by atoms with Crippen molar-refractivity contribution in [1.29, 1.82) is 0 Å². The normalized spacial score (nSPS) is 11.2.